The molecular formula is C14H16F2N2O2. The molecule has 0 fully saturated rings. The summed E-state index contributed by atoms with van der Waals surface area (Å²) in [6.45, 7) is 2.17. The number of nitrogens with zero attached hydrogens (tertiary/aromatic N) is 2. The summed E-state index contributed by atoms with van der Waals surface area (Å²) in [4.78, 5) is 18.2. The van der Waals surface area contributed by atoms with Crippen molar-refractivity contribution >= 4 is 11.6 Å². The number of amides is 1. The minimum atomic E-state index is -0.661. The van der Waals surface area contributed by atoms with Crippen molar-refractivity contribution in [3.63, 3.8) is 0 Å². The van der Waals surface area contributed by atoms with E-state index in [0.29, 0.717) is 25.1 Å². The van der Waals surface area contributed by atoms with Crippen LogP contribution in [0.1, 0.15) is 25.3 Å². The molecule has 1 aliphatic rings. The Hall–Kier alpha value is -1.98. The number of halogens is 2. The van der Waals surface area contributed by atoms with Crippen molar-refractivity contribution in [3.05, 3.63) is 35.4 Å². The highest BCUT2D eigenvalue weighted by atomic mass is 19.1. The van der Waals surface area contributed by atoms with E-state index in [2.05, 4.69) is 5.16 Å². The van der Waals surface area contributed by atoms with Crippen LogP contribution in [0.5, 0.6) is 0 Å². The molecule has 4 nitrogen and oxygen atoms in total. The molecule has 0 bridgehead atoms. The molecule has 6 heteroatoms. The van der Waals surface area contributed by atoms with Gasteiger partial charge in [0.1, 0.15) is 11.6 Å². The van der Waals surface area contributed by atoms with E-state index >= 15 is 0 Å². The molecule has 1 aromatic carbocycles. The predicted molar refractivity (Wildman–Crippen MR) is 70.3 cm³/mol. The van der Waals surface area contributed by atoms with Gasteiger partial charge in [0.2, 0.25) is 5.91 Å². The smallest absolute Gasteiger partial charge is 0.222 e. The third-order valence-corrected chi connectivity index (χ3v) is 3.18. The first kappa shape index (κ1) is 14.4. The molecule has 0 aromatic heterocycles. The van der Waals surface area contributed by atoms with Crippen LogP contribution in [0.4, 0.5) is 8.78 Å². The van der Waals surface area contributed by atoms with Crippen molar-refractivity contribution in [2.75, 3.05) is 13.6 Å². The molecule has 0 N–H and O–H groups in total. The van der Waals surface area contributed by atoms with E-state index in [-0.39, 0.29) is 17.6 Å². The summed E-state index contributed by atoms with van der Waals surface area (Å²) >= 11 is 0. The highest BCUT2D eigenvalue weighted by Gasteiger charge is 2.26. The lowest BCUT2D eigenvalue weighted by Crippen LogP contribution is -2.34. The van der Waals surface area contributed by atoms with Crippen molar-refractivity contribution in [1.82, 2.24) is 4.90 Å². The fourth-order valence-corrected chi connectivity index (χ4v) is 2.09. The maximum atomic E-state index is 13.6. The summed E-state index contributed by atoms with van der Waals surface area (Å²) in [6, 6.07) is 3.34. The van der Waals surface area contributed by atoms with E-state index < -0.39 is 11.6 Å². The average Bonchev–Trinajstić information content (AvgIpc) is 2.85. The van der Waals surface area contributed by atoms with Gasteiger partial charge in [0.05, 0.1) is 12.3 Å². The van der Waals surface area contributed by atoms with Gasteiger partial charge >= 0.3 is 0 Å². The lowest BCUT2D eigenvalue weighted by Gasteiger charge is -2.19. The molecule has 0 spiro atoms. The highest BCUT2D eigenvalue weighted by molar-refractivity contribution is 6.01. The standard InChI is InChI=1S/C14H16F2N2O2/c1-3-14(19)18(2)8-10-7-13(17-20-10)11-5-4-9(15)6-12(11)16/h4-6,10H,3,7-8H2,1-2H3. The number of hydrogen-bond donors (Lipinski definition) is 0. The zero-order valence-electron chi connectivity index (χ0n) is 11.4. The normalized spacial score (nSPS) is 17.6. The second-order valence-corrected chi connectivity index (χ2v) is 4.72. The number of carbonyl (C=O) groups excluding carboxylic acids is 1. The first-order valence-corrected chi connectivity index (χ1v) is 6.43. The number of carbonyl (C=O) groups is 1. The molecule has 0 aliphatic carbocycles. The van der Waals surface area contributed by atoms with E-state index in [1.807, 2.05) is 0 Å². The molecule has 1 aromatic rings. The van der Waals surface area contributed by atoms with Crippen molar-refractivity contribution < 1.29 is 18.4 Å². The number of benzene rings is 1. The summed E-state index contributed by atoms with van der Waals surface area (Å²) in [6.07, 6.45) is 0.517. The predicted octanol–water partition coefficient (Wildman–Crippen LogP) is 2.33. The van der Waals surface area contributed by atoms with Gasteiger partial charge in [-0.1, -0.05) is 12.1 Å². The maximum absolute atomic E-state index is 13.6. The fourth-order valence-electron chi connectivity index (χ4n) is 2.09. The fraction of sp³-hybridized carbons (Fsp3) is 0.429. The van der Waals surface area contributed by atoms with Crippen molar-refractivity contribution in [3.8, 4) is 0 Å². The van der Waals surface area contributed by atoms with Crippen LogP contribution in [0.2, 0.25) is 0 Å². The number of oxime groups is 1. The Labute approximate surface area is 116 Å². The van der Waals surface area contributed by atoms with E-state index in [9.17, 15) is 13.6 Å². The van der Waals surface area contributed by atoms with Gasteiger partial charge in [-0.15, -0.1) is 0 Å². The molecule has 1 unspecified atom stereocenters. The molecular weight excluding hydrogens is 266 g/mol. The van der Waals surface area contributed by atoms with Gasteiger partial charge in [-0.2, -0.15) is 0 Å². The molecule has 0 saturated carbocycles. The Balaban J connectivity index is 2.00. The molecule has 20 heavy (non-hydrogen) atoms. The van der Waals surface area contributed by atoms with Crippen molar-refractivity contribution in [2.24, 2.45) is 5.16 Å². The summed E-state index contributed by atoms with van der Waals surface area (Å²) in [5.74, 6) is -1.28. The Morgan fingerprint density at radius 3 is 2.90 bits per heavy atom. The Morgan fingerprint density at radius 1 is 1.50 bits per heavy atom. The molecule has 0 radical (unpaired) electrons. The Bertz CT molecular complexity index is 546. The van der Waals surface area contributed by atoms with Gasteiger partial charge < -0.3 is 9.74 Å². The third kappa shape index (κ3) is 3.12. The Kier molecular flexibility index (Phi) is 4.32. The van der Waals surface area contributed by atoms with Crippen LogP contribution in [0, 0.1) is 11.6 Å². The van der Waals surface area contributed by atoms with E-state index in [1.54, 1.807) is 18.9 Å². The van der Waals surface area contributed by atoms with Crippen LogP contribution in [0.25, 0.3) is 0 Å². The zero-order chi connectivity index (χ0) is 14.7. The molecule has 1 amide bonds. The minimum absolute atomic E-state index is 0.00927. The van der Waals surface area contributed by atoms with Crippen LogP contribution in [-0.4, -0.2) is 36.2 Å². The van der Waals surface area contributed by atoms with Crippen molar-refractivity contribution in [1.29, 1.82) is 0 Å². The SMILES string of the molecule is CCC(=O)N(C)CC1CC(c2ccc(F)cc2F)=NO1. The van der Waals surface area contributed by atoms with E-state index in [1.165, 1.54) is 12.1 Å². The van der Waals surface area contributed by atoms with Crippen LogP contribution in [-0.2, 0) is 9.63 Å². The van der Waals surface area contributed by atoms with Gasteiger partial charge in [0.15, 0.2) is 6.10 Å². The van der Waals surface area contributed by atoms with Crippen LogP contribution >= 0.6 is 0 Å². The van der Waals surface area contributed by atoms with Gasteiger partial charge in [0.25, 0.3) is 0 Å². The third-order valence-electron chi connectivity index (χ3n) is 3.18. The summed E-state index contributed by atoms with van der Waals surface area (Å²) < 4.78 is 26.5. The second kappa shape index (κ2) is 5.98. The second-order valence-electron chi connectivity index (χ2n) is 4.72. The topological polar surface area (TPSA) is 41.9 Å². The molecule has 1 aliphatic heterocycles. The first-order chi connectivity index (χ1) is 9.51. The molecule has 2 rings (SSSR count). The van der Waals surface area contributed by atoms with E-state index in [4.69, 9.17) is 4.84 Å². The molecule has 1 heterocycles. The highest BCUT2D eigenvalue weighted by Crippen LogP contribution is 2.20. The number of hydrogen-bond acceptors (Lipinski definition) is 3. The van der Waals surface area contributed by atoms with Gasteiger partial charge in [-0.25, -0.2) is 8.78 Å². The lowest BCUT2D eigenvalue weighted by molar-refractivity contribution is -0.131. The molecule has 1 atom stereocenters. The average molecular weight is 282 g/mol. The quantitative estimate of drug-likeness (QED) is 0.850. The monoisotopic (exact) mass is 282 g/mol. The number of rotatable bonds is 4. The summed E-state index contributed by atoms with van der Waals surface area (Å²) in [5, 5.41) is 3.83. The molecule has 108 valence electrons. The van der Waals surface area contributed by atoms with Crippen molar-refractivity contribution in [2.45, 2.75) is 25.9 Å². The van der Waals surface area contributed by atoms with Gasteiger partial charge in [-0.3, -0.25) is 4.79 Å². The lowest BCUT2D eigenvalue weighted by atomic mass is 10.0. The largest absolute Gasteiger partial charge is 0.390 e. The van der Waals surface area contributed by atoms with Crippen LogP contribution in [0.15, 0.2) is 23.4 Å². The molecule has 0 saturated heterocycles. The summed E-state index contributed by atoms with van der Waals surface area (Å²) in [5.41, 5.74) is 0.670. The van der Waals surface area contributed by atoms with Crippen LogP contribution < -0.4 is 0 Å². The van der Waals surface area contributed by atoms with Gasteiger partial charge in [0, 0.05) is 31.5 Å². The minimum Gasteiger partial charge on any atom is -0.390 e. The zero-order valence-corrected chi connectivity index (χ0v) is 11.4. The number of likely N-dealkylation sites (N-methyl/N-ethyl adjacent to an activating group) is 1. The van der Waals surface area contributed by atoms with Gasteiger partial charge in [-0.05, 0) is 12.1 Å². The van der Waals surface area contributed by atoms with E-state index in [0.717, 1.165) is 6.07 Å². The maximum Gasteiger partial charge on any atom is 0.222 e. The Morgan fingerprint density at radius 2 is 2.25 bits per heavy atom. The summed E-state index contributed by atoms with van der Waals surface area (Å²) in [7, 11) is 1.69. The van der Waals surface area contributed by atoms with Crippen LogP contribution in [0.3, 0.4) is 0 Å². The first-order valence-electron chi connectivity index (χ1n) is 6.43.